The third-order valence-electron chi connectivity index (χ3n) is 2.93. The largest absolute Gasteiger partial charge is 0.468 e. The van der Waals surface area contributed by atoms with Gasteiger partial charge in [-0.25, -0.2) is 13.8 Å². The molecular formula is C10H8Cl2F2N2O3. The molecule has 5 nitrogen and oxygen atoms in total. The standard InChI is InChI=1S/C10H8Cl2F2N2O3/c11-4-1-15-9(12)16-8(4)19-5-2-17-7-6(5)18-3-10(7,13)14/h1,5-7H,2-3H2/t5-,6-,7+/m1/s1. The summed E-state index contributed by atoms with van der Waals surface area (Å²) in [7, 11) is 0. The minimum atomic E-state index is -3.00. The SMILES string of the molecule is FC1(F)CO[C@@H]2[C@H](Oc3nc(Cl)ncc3Cl)CO[C@@H]21. The van der Waals surface area contributed by atoms with Gasteiger partial charge in [0.05, 0.1) is 12.8 Å². The Morgan fingerprint density at radius 1 is 1.37 bits per heavy atom. The first kappa shape index (κ1) is 13.2. The summed E-state index contributed by atoms with van der Waals surface area (Å²) >= 11 is 11.5. The van der Waals surface area contributed by atoms with Crippen LogP contribution in [0, 0.1) is 0 Å². The van der Waals surface area contributed by atoms with Gasteiger partial charge in [-0.15, -0.1) is 0 Å². The molecular weight excluding hydrogens is 305 g/mol. The lowest BCUT2D eigenvalue weighted by atomic mass is 10.1. The van der Waals surface area contributed by atoms with Crippen LogP contribution in [-0.2, 0) is 9.47 Å². The molecule has 2 aliphatic heterocycles. The molecule has 2 saturated heterocycles. The van der Waals surface area contributed by atoms with Crippen molar-refractivity contribution in [3.8, 4) is 5.88 Å². The van der Waals surface area contributed by atoms with Gasteiger partial charge in [-0.1, -0.05) is 11.6 Å². The quantitative estimate of drug-likeness (QED) is 0.781. The average molecular weight is 313 g/mol. The fraction of sp³-hybridized carbons (Fsp3) is 0.600. The van der Waals surface area contributed by atoms with Crippen molar-refractivity contribution in [2.24, 2.45) is 0 Å². The van der Waals surface area contributed by atoms with Crippen molar-refractivity contribution in [2.45, 2.75) is 24.2 Å². The Kier molecular flexibility index (Phi) is 3.24. The molecule has 3 heterocycles. The van der Waals surface area contributed by atoms with Crippen LogP contribution >= 0.6 is 23.2 Å². The lowest BCUT2D eigenvalue weighted by molar-refractivity contribution is -0.0969. The zero-order chi connectivity index (χ0) is 13.6. The molecule has 0 radical (unpaired) electrons. The van der Waals surface area contributed by atoms with Crippen molar-refractivity contribution in [1.82, 2.24) is 9.97 Å². The zero-order valence-corrected chi connectivity index (χ0v) is 10.9. The highest BCUT2D eigenvalue weighted by Crippen LogP contribution is 2.39. The van der Waals surface area contributed by atoms with Crippen LogP contribution in [0.25, 0.3) is 0 Å². The molecule has 0 aromatic carbocycles. The summed E-state index contributed by atoms with van der Waals surface area (Å²) in [5, 5.41) is 0.0881. The topological polar surface area (TPSA) is 53.5 Å². The second-order valence-corrected chi connectivity index (χ2v) is 4.98. The third kappa shape index (κ3) is 2.35. The summed E-state index contributed by atoms with van der Waals surface area (Å²) in [6, 6.07) is 0. The maximum absolute atomic E-state index is 13.4. The van der Waals surface area contributed by atoms with Gasteiger partial charge in [0, 0.05) is 0 Å². The third-order valence-corrected chi connectivity index (χ3v) is 3.38. The second kappa shape index (κ2) is 4.66. The summed E-state index contributed by atoms with van der Waals surface area (Å²) in [4.78, 5) is 7.45. The van der Waals surface area contributed by atoms with Gasteiger partial charge < -0.3 is 14.2 Å². The van der Waals surface area contributed by atoms with E-state index in [4.69, 9.17) is 37.4 Å². The molecule has 2 aliphatic rings. The van der Waals surface area contributed by atoms with Crippen LogP contribution in [-0.4, -0.2) is 47.4 Å². The van der Waals surface area contributed by atoms with Crippen molar-refractivity contribution in [1.29, 1.82) is 0 Å². The molecule has 3 rings (SSSR count). The van der Waals surface area contributed by atoms with Crippen LogP contribution in [0.15, 0.2) is 6.20 Å². The van der Waals surface area contributed by atoms with Gasteiger partial charge in [0.15, 0.2) is 12.2 Å². The first-order chi connectivity index (χ1) is 8.97. The summed E-state index contributed by atoms with van der Waals surface area (Å²) in [5.74, 6) is -2.98. The monoisotopic (exact) mass is 312 g/mol. The number of hydrogen-bond acceptors (Lipinski definition) is 5. The lowest BCUT2D eigenvalue weighted by Gasteiger charge is -2.17. The molecule has 9 heteroatoms. The molecule has 3 atom stereocenters. The van der Waals surface area contributed by atoms with E-state index in [2.05, 4.69) is 9.97 Å². The van der Waals surface area contributed by atoms with Gasteiger partial charge in [0.1, 0.15) is 17.7 Å². The summed E-state index contributed by atoms with van der Waals surface area (Å²) in [6.07, 6.45) is -1.58. The van der Waals surface area contributed by atoms with E-state index in [0.29, 0.717) is 0 Å². The van der Waals surface area contributed by atoms with E-state index in [1.807, 2.05) is 0 Å². The minimum absolute atomic E-state index is 0.0229. The Morgan fingerprint density at radius 2 is 2.16 bits per heavy atom. The maximum atomic E-state index is 13.4. The number of aromatic nitrogens is 2. The first-order valence-electron chi connectivity index (χ1n) is 5.43. The molecule has 0 amide bonds. The molecule has 2 fully saturated rings. The molecule has 1 aromatic heterocycles. The van der Waals surface area contributed by atoms with Crippen molar-refractivity contribution in [3.05, 3.63) is 16.5 Å². The summed E-state index contributed by atoms with van der Waals surface area (Å²) in [5.41, 5.74) is 0. The van der Waals surface area contributed by atoms with Gasteiger partial charge in [-0.05, 0) is 11.6 Å². The van der Waals surface area contributed by atoms with E-state index in [-0.39, 0.29) is 22.8 Å². The van der Waals surface area contributed by atoms with Crippen LogP contribution in [0.3, 0.4) is 0 Å². The van der Waals surface area contributed by atoms with E-state index >= 15 is 0 Å². The van der Waals surface area contributed by atoms with E-state index < -0.39 is 30.8 Å². The first-order valence-corrected chi connectivity index (χ1v) is 6.19. The number of alkyl halides is 2. The molecule has 0 bridgehead atoms. The Bertz CT molecular complexity index is 506. The molecule has 0 N–H and O–H groups in total. The van der Waals surface area contributed by atoms with Crippen LogP contribution in [0.1, 0.15) is 0 Å². The van der Waals surface area contributed by atoms with Crippen LogP contribution in [0.4, 0.5) is 8.78 Å². The van der Waals surface area contributed by atoms with Gasteiger partial charge in [0.2, 0.25) is 11.2 Å². The molecule has 0 aliphatic carbocycles. The van der Waals surface area contributed by atoms with E-state index in [9.17, 15) is 8.78 Å². The number of rotatable bonds is 2. The van der Waals surface area contributed by atoms with E-state index in [1.165, 1.54) is 6.20 Å². The number of halogens is 4. The normalized spacial score (nSPS) is 32.3. The minimum Gasteiger partial charge on any atom is -0.468 e. The maximum Gasteiger partial charge on any atom is 0.299 e. The highest BCUT2D eigenvalue weighted by molar-refractivity contribution is 6.32. The fourth-order valence-electron chi connectivity index (χ4n) is 2.09. The van der Waals surface area contributed by atoms with Gasteiger partial charge >= 0.3 is 0 Å². The Balaban J connectivity index is 1.77. The van der Waals surface area contributed by atoms with Gasteiger partial charge in [-0.3, -0.25) is 0 Å². The summed E-state index contributed by atoms with van der Waals surface area (Å²) < 4.78 is 42.3. The lowest BCUT2D eigenvalue weighted by Crippen LogP contribution is -2.37. The summed E-state index contributed by atoms with van der Waals surface area (Å²) in [6.45, 7) is -0.705. The number of fused-ring (bicyclic) bond motifs is 1. The smallest absolute Gasteiger partial charge is 0.299 e. The highest BCUT2D eigenvalue weighted by atomic mass is 35.5. The Labute approximate surface area is 116 Å². The molecule has 19 heavy (non-hydrogen) atoms. The van der Waals surface area contributed by atoms with Crippen molar-refractivity contribution in [3.63, 3.8) is 0 Å². The van der Waals surface area contributed by atoms with Gasteiger partial charge in [0.25, 0.3) is 5.92 Å². The Hall–Kier alpha value is -0.760. The predicted molar refractivity (Wildman–Crippen MR) is 60.9 cm³/mol. The van der Waals surface area contributed by atoms with Crippen LogP contribution in [0.5, 0.6) is 5.88 Å². The molecule has 1 aromatic rings. The van der Waals surface area contributed by atoms with E-state index in [0.717, 1.165) is 0 Å². The molecule has 0 spiro atoms. The average Bonchev–Trinajstić information content (AvgIpc) is 2.87. The number of nitrogens with zero attached hydrogens (tertiary/aromatic N) is 2. The highest BCUT2D eigenvalue weighted by Gasteiger charge is 2.59. The molecule has 0 unspecified atom stereocenters. The van der Waals surface area contributed by atoms with Crippen molar-refractivity contribution < 1.29 is 23.0 Å². The molecule has 0 saturated carbocycles. The Morgan fingerprint density at radius 3 is 2.95 bits per heavy atom. The zero-order valence-electron chi connectivity index (χ0n) is 9.35. The van der Waals surface area contributed by atoms with Crippen molar-refractivity contribution >= 4 is 23.2 Å². The van der Waals surface area contributed by atoms with E-state index in [1.54, 1.807) is 0 Å². The second-order valence-electron chi connectivity index (χ2n) is 4.24. The van der Waals surface area contributed by atoms with Crippen molar-refractivity contribution in [2.75, 3.05) is 13.2 Å². The van der Waals surface area contributed by atoms with Crippen LogP contribution < -0.4 is 4.74 Å². The van der Waals surface area contributed by atoms with Gasteiger partial charge in [-0.2, -0.15) is 4.98 Å². The number of hydrogen-bond donors (Lipinski definition) is 0. The molecule has 104 valence electrons. The number of ether oxygens (including phenoxy) is 3. The predicted octanol–water partition coefficient (Wildman–Crippen LogP) is 1.96. The van der Waals surface area contributed by atoms with Crippen LogP contribution in [0.2, 0.25) is 10.3 Å². The fourth-order valence-corrected chi connectivity index (χ4v) is 2.35.